The van der Waals surface area contributed by atoms with Crippen molar-refractivity contribution < 1.29 is 24.4 Å². The van der Waals surface area contributed by atoms with Gasteiger partial charge in [0.25, 0.3) is 0 Å². The molecule has 0 aromatic rings. The molecule has 2 N–H and O–H groups in total. The summed E-state index contributed by atoms with van der Waals surface area (Å²) >= 11 is 0. The van der Waals surface area contributed by atoms with Crippen LogP contribution in [-0.2, 0) is 9.53 Å². The molecule has 0 amide bonds. The van der Waals surface area contributed by atoms with Crippen molar-refractivity contribution in [3.63, 3.8) is 0 Å². The van der Waals surface area contributed by atoms with Gasteiger partial charge in [0.15, 0.2) is 0 Å². The number of carbonyl (C=O) groups is 1. The van der Waals surface area contributed by atoms with Crippen molar-refractivity contribution in [2.75, 3.05) is 13.1 Å². The van der Waals surface area contributed by atoms with E-state index in [1.54, 1.807) is 0 Å². The highest BCUT2D eigenvalue weighted by Gasteiger charge is 2.88. The summed E-state index contributed by atoms with van der Waals surface area (Å²) in [4.78, 5) is 12.1. The Morgan fingerprint density at radius 1 is 1.33 bits per heavy atom. The van der Waals surface area contributed by atoms with Gasteiger partial charge in [0.2, 0.25) is 0 Å². The molecule has 6 fully saturated rings. The molecule has 0 aromatic carbocycles. The Kier molecular flexibility index (Phi) is 3.62. The van der Waals surface area contributed by atoms with E-state index in [0.717, 1.165) is 31.3 Å². The van der Waals surface area contributed by atoms with Crippen LogP contribution >= 0.6 is 0 Å². The van der Waals surface area contributed by atoms with E-state index in [-0.39, 0.29) is 45.2 Å². The van der Waals surface area contributed by atoms with Crippen molar-refractivity contribution in [3.8, 4) is 0 Å². The SMILES string of the molecule is C=C1[C@@H](OC(C)=O)[C@]23C[C@@H]1[C@@H](O)C[C@H]2[C@@]12C4[C@@H]3C[C@@H]1[C@@](C)(CC[C@@H]2O)C[N+]4([O-])CC. The Morgan fingerprint density at radius 2 is 2.07 bits per heavy atom. The molecule has 30 heavy (non-hydrogen) atoms. The van der Waals surface area contributed by atoms with Crippen LogP contribution in [0.25, 0.3) is 0 Å². The Bertz CT molecular complexity index is 845. The van der Waals surface area contributed by atoms with Crippen LogP contribution in [0.15, 0.2) is 12.2 Å². The zero-order valence-corrected chi connectivity index (χ0v) is 18.3. The summed E-state index contributed by atoms with van der Waals surface area (Å²) in [6.45, 7) is 11.1. The second-order valence-electron chi connectivity index (χ2n) is 11.8. The maximum absolute atomic E-state index is 14.4. The third kappa shape index (κ3) is 1.80. The standard InChI is InChI=1S/C24H35NO5/c1-5-25(29)11-22(4)7-6-19(28)24-17(22)8-15(20(24)25)23-10-14(16(27)9-18(23)24)12(2)21(23)30-13(3)26/h14-21,27-28H,2,5-11H2,1,3-4H3/t14-,15-,16-,17+,18+,19-,20?,21+,22-,23-,24-,25?/m0/s1. The van der Waals surface area contributed by atoms with Crippen LogP contribution in [0.4, 0.5) is 0 Å². The monoisotopic (exact) mass is 417 g/mol. The van der Waals surface area contributed by atoms with Gasteiger partial charge in [-0.3, -0.25) is 4.79 Å². The Balaban J connectivity index is 1.61. The van der Waals surface area contributed by atoms with Crippen LogP contribution in [0.3, 0.4) is 0 Å². The largest absolute Gasteiger partial charge is 0.633 e. The molecule has 6 rings (SSSR count). The van der Waals surface area contributed by atoms with Crippen LogP contribution in [-0.4, -0.2) is 58.3 Å². The van der Waals surface area contributed by atoms with Crippen molar-refractivity contribution in [1.29, 1.82) is 0 Å². The number of carbonyl (C=O) groups excluding carboxylic acids is 1. The lowest BCUT2D eigenvalue weighted by Crippen LogP contribution is -2.73. The van der Waals surface area contributed by atoms with E-state index in [9.17, 15) is 20.2 Å². The third-order valence-electron chi connectivity index (χ3n) is 11.1. The summed E-state index contributed by atoms with van der Waals surface area (Å²) in [6, 6.07) is -0.171. The van der Waals surface area contributed by atoms with Crippen LogP contribution in [0.5, 0.6) is 0 Å². The number of esters is 1. The van der Waals surface area contributed by atoms with E-state index in [1.807, 2.05) is 6.92 Å². The molecular weight excluding hydrogens is 382 g/mol. The maximum Gasteiger partial charge on any atom is 0.303 e. The van der Waals surface area contributed by atoms with Crippen LogP contribution < -0.4 is 0 Å². The molecule has 6 heteroatoms. The number of fused-ring (bicyclic) bond motifs is 1. The van der Waals surface area contributed by atoms with E-state index >= 15 is 0 Å². The second-order valence-corrected chi connectivity index (χ2v) is 11.8. The van der Waals surface area contributed by atoms with Crippen molar-refractivity contribution in [1.82, 2.24) is 0 Å². The number of likely N-dealkylation sites (tertiary alicyclic amines) is 1. The second kappa shape index (κ2) is 5.51. The fraction of sp³-hybridized carbons (Fsp3) is 0.875. The number of piperidine rings is 1. The predicted octanol–water partition coefficient (Wildman–Crippen LogP) is 2.38. The number of aliphatic hydroxyl groups is 2. The number of nitrogens with zero attached hydrogens (tertiary/aromatic N) is 1. The fourth-order valence-corrected chi connectivity index (χ4v) is 10.6. The van der Waals surface area contributed by atoms with E-state index in [1.165, 1.54) is 6.92 Å². The molecule has 5 saturated carbocycles. The number of rotatable bonds is 2. The summed E-state index contributed by atoms with van der Waals surface area (Å²) < 4.78 is 5.70. The van der Waals surface area contributed by atoms with Crippen LogP contribution in [0, 0.1) is 45.1 Å². The summed E-state index contributed by atoms with van der Waals surface area (Å²) in [5, 5.41) is 37.2. The molecule has 2 unspecified atom stereocenters. The normalized spacial score (nSPS) is 62.4. The Labute approximate surface area is 178 Å². The van der Waals surface area contributed by atoms with Gasteiger partial charge >= 0.3 is 5.97 Å². The van der Waals surface area contributed by atoms with Gasteiger partial charge in [-0.15, -0.1) is 0 Å². The van der Waals surface area contributed by atoms with E-state index in [4.69, 9.17) is 4.74 Å². The molecule has 6 aliphatic rings. The number of quaternary nitrogens is 1. The summed E-state index contributed by atoms with van der Waals surface area (Å²) in [6.07, 6.45) is 2.37. The first-order valence-electron chi connectivity index (χ1n) is 11.9. The molecule has 12 atom stereocenters. The number of hydrogen-bond acceptors (Lipinski definition) is 5. The molecule has 166 valence electrons. The van der Waals surface area contributed by atoms with Crippen molar-refractivity contribution in [2.45, 2.75) is 77.2 Å². The first-order valence-corrected chi connectivity index (χ1v) is 11.9. The van der Waals surface area contributed by atoms with Gasteiger partial charge in [0.05, 0.1) is 30.7 Å². The highest BCUT2D eigenvalue weighted by Crippen LogP contribution is 2.84. The zero-order valence-electron chi connectivity index (χ0n) is 18.3. The maximum atomic E-state index is 14.4. The van der Waals surface area contributed by atoms with Crippen molar-refractivity contribution in [2.24, 2.45) is 39.9 Å². The molecule has 1 aliphatic heterocycles. The number of hydrogen-bond donors (Lipinski definition) is 2. The van der Waals surface area contributed by atoms with Gasteiger partial charge in [0.1, 0.15) is 12.1 Å². The highest BCUT2D eigenvalue weighted by molar-refractivity contribution is 5.67. The smallest absolute Gasteiger partial charge is 0.303 e. The van der Waals surface area contributed by atoms with Crippen molar-refractivity contribution >= 4 is 5.97 Å². The van der Waals surface area contributed by atoms with Crippen LogP contribution in [0.1, 0.15) is 52.9 Å². The zero-order chi connectivity index (χ0) is 21.4. The van der Waals surface area contributed by atoms with Gasteiger partial charge in [-0.1, -0.05) is 13.5 Å². The fourth-order valence-electron chi connectivity index (χ4n) is 10.6. The van der Waals surface area contributed by atoms with E-state index in [2.05, 4.69) is 13.5 Å². The highest BCUT2D eigenvalue weighted by atomic mass is 16.6. The molecule has 5 aliphatic carbocycles. The van der Waals surface area contributed by atoms with Crippen molar-refractivity contribution in [3.05, 3.63) is 17.4 Å². The Morgan fingerprint density at radius 3 is 2.73 bits per heavy atom. The molecular formula is C24H35NO5. The first-order chi connectivity index (χ1) is 14.1. The topological polar surface area (TPSA) is 89.8 Å². The summed E-state index contributed by atoms with van der Waals surface area (Å²) in [5.74, 6) is 0.0110. The Hall–Kier alpha value is -0.950. The predicted molar refractivity (Wildman–Crippen MR) is 110 cm³/mol. The average Bonchev–Trinajstić information content (AvgIpc) is 3.23. The minimum atomic E-state index is -0.541. The van der Waals surface area contributed by atoms with E-state index < -0.39 is 23.7 Å². The van der Waals surface area contributed by atoms with Gasteiger partial charge in [-0.25, -0.2) is 0 Å². The molecule has 7 bridgehead atoms. The summed E-state index contributed by atoms with van der Waals surface area (Å²) in [7, 11) is 0. The lowest BCUT2D eigenvalue weighted by Gasteiger charge is -2.68. The lowest BCUT2D eigenvalue weighted by molar-refractivity contribution is -0.927. The summed E-state index contributed by atoms with van der Waals surface area (Å²) in [5.41, 5.74) is -0.0892. The molecule has 0 aromatic heterocycles. The molecule has 0 radical (unpaired) electrons. The molecule has 6 nitrogen and oxygen atoms in total. The van der Waals surface area contributed by atoms with E-state index in [0.29, 0.717) is 25.4 Å². The van der Waals surface area contributed by atoms with Gasteiger partial charge in [0, 0.05) is 29.6 Å². The molecule has 2 spiro atoms. The first kappa shape index (κ1) is 19.7. The molecule has 1 heterocycles. The number of aliphatic hydroxyl groups excluding tert-OH is 2. The number of ether oxygens (including phenoxy) is 1. The van der Waals surface area contributed by atoms with Gasteiger partial charge in [-0.05, 0) is 56.4 Å². The van der Waals surface area contributed by atoms with Crippen LogP contribution in [0.2, 0.25) is 0 Å². The lowest BCUT2D eigenvalue weighted by atomic mass is 9.43. The minimum absolute atomic E-state index is 0.00141. The number of hydroxylamine groups is 3. The quantitative estimate of drug-likeness (QED) is 0.312. The van der Waals surface area contributed by atoms with Gasteiger partial charge < -0.3 is 24.8 Å². The third-order valence-corrected chi connectivity index (χ3v) is 11.1. The molecule has 1 saturated heterocycles. The van der Waals surface area contributed by atoms with Gasteiger partial charge in [-0.2, -0.15) is 0 Å². The minimum Gasteiger partial charge on any atom is -0.633 e. The average molecular weight is 418 g/mol.